The van der Waals surface area contributed by atoms with Crippen molar-refractivity contribution in [2.24, 2.45) is 5.10 Å². The van der Waals surface area contributed by atoms with Gasteiger partial charge in [0.2, 0.25) is 5.13 Å². The van der Waals surface area contributed by atoms with Gasteiger partial charge in [-0.2, -0.15) is 10.1 Å². The number of thiazole rings is 1. The molecule has 5 nitrogen and oxygen atoms in total. The Morgan fingerprint density at radius 3 is 2.37 bits per heavy atom. The highest BCUT2D eigenvalue weighted by Crippen LogP contribution is 2.32. The quantitative estimate of drug-likeness (QED) is 0.166. The van der Waals surface area contributed by atoms with Crippen LogP contribution < -0.4 is 9.75 Å². The third-order valence-corrected chi connectivity index (χ3v) is 6.88. The standard InChI is InChI=1S/C28H20BrN3O2S/c1-34-24-14-7-19(8-15-24)18-30-32(28-31-25-16-13-23(29)17-26(25)35-28)27(33)22-11-9-21(10-12-22)20-5-3-2-4-6-20/h2-18H,1H3/b30-18+. The Morgan fingerprint density at radius 1 is 0.943 bits per heavy atom. The number of amides is 1. The molecule has 0 bridgehead atoms. The minimum Gasteiger partial charge on any atom is -0.497 e. The normalized spacial score (nSPS) is 11.1. The largest absolute Gasteiger partial charge is 0.497 e. The van der Waals surface area contributed by atoms with Gasteiger partial charge in [0.25, 0.3) is 5.91 Å². The van der Waals surface area contributed by atoms with Crippen LogP contribution in [0.1, 0.15) is 15.9 Å². The molecule has 35 heavy (non-hydrogen) atoms. The molecule has 0 fully saturated rings. The molecule has 0 unspecified atom stereocenters. The van der Waals surface area contributed by atoms with Crippen LogP contribution in [0.2, 0.25) is 0 Å². The van der Waals surface area contributed by atoms with E-state index in [4.69, 9.17) is 4.74 Å². The van der Waals surface area contributed by atoms with Gasteiger partial charge in [-0.25, -0.2) is 4.98 Å². The molecule has 5 rings (SSSR count). The van der Waals surface area contributed by atoms with E-state index >= 15 is 0 Å². The molecule has 0 aliphatic carbocycles. The van der Waals surface area contributed by atoms with Crippen molar-refractivity contribution >= 4 is 54.7 Å². The van der Waals surface area contributed by atoms with E-state index in [2.05, 4.69) is 26.0 Å². The van der Waals surface area contributed by atoms with E-state index in [0.29, 0.717) is 10.7 Å². The zero-order valence-electron chi connectivity index (χ0n) is 18.8. The highest BCUT2D eigenvalue weighted by atomic mass is 79.9. The summed E-state index contributed by atoms with van der Waals surface area (Å²) in [5, 5.41) is 6.41. The van der Waals surface area contributed by atoms with Crippen molar-refractivity contribution in [3.63, 3.8) is 0 Å². The van der Waals surface area contributed by atoms with Crippen LogP contribution in [0.15, 0.2) is 107 Å². The Labute approximate surface area is 215 Å². The molecule has 4 aromatic carbocycles. The monoisotopic (exact) mass is 541 g/mol. The van der Waals surface area contributed by atoms with Crippen molar-refractivity contribution in [2.45, 2.75) is 0 Å². The van der Waals surface area contributed by atoms with Crippen LogP contribution in [0, 0.1) is 0 Å². The Hall–Kier alpha value is -3.81. The Balaban J connectivity index is 1.50. The molecule has 0 aliphatic heterocycles. The van der Waals surface area contributed by atoms with Gasteiger partial charge in [-0.1, -0.05) is 69.7 Å². The van der Waals surface area contributed by atoms with Crippen LogP contribution in [-0.2, 0) is 0 Å². The van der Waals surface area contributed by atoms with E-state index < -0.39 is 0 Å². The number of anilines is 1. The fourth-order valence-corrected chi connectivity index (χ4v) is 5.01. The van der Waals surface area contributed by atoms with Gasteiger partial charge in [0.1, 0.15) is 5.75 Å². The molecule has 0 saturated carbocycles. The number of carbonyl (C=O) groups excluding carboxylic acids is 1. The van der Waals surface area contributed by atoms with Gasteiger partial charge in [-0.3, -0.25) is 4.79 Å². The maximum atomic E-state index is 13.6. The summed E-state index contributed by atoms with van der Waals surface area (Å²) in [6, 6.07) is 30.9. The fourth-order valence-electron chi connectivity index (χ4n) is 3.54. The Bertz CT molecular complexity index is 1500. The molecule has 1 heterocycles. The number of benzene rings is 4. The van der Waals surface area contributed by atoms with Crippen LogP contribution in [0.4, 0.5) is 5.13 Å². The third-order valence-electron chi connectivity index (χ3n) is 5.39. The van der Waals surface area contributed by atoms with Crippen molar-refractivity contribution in [1.29, 1.82) is 0 Å². The van der Waals surface area contributed by atoms with E-state index in [1.165, 1.54) is 16.3 Å². The zero-order valence-corrected chi connectivity index (χ0v) is 21.2. The first-order valence-electron chi connectivity index (χ1n) is 10.8. The van der Waals surface area contributed by atoms with E-state index in [0.717, 1.165) is 37.1 Å². The van der Waals surface area contributed by atoms with Crippen LogP contribution >= 0.6 is 27.3 Å². The van der Waals surface area contributed by atoms with Crippen molar-refractivity contribution in [3.05, 3.63) is 113 Å². The van der Waals surface area contributed by atoms with Gasteiger partial charge >= 0.3 is 0 Å². The number of fused-ring (bicyclic) bond motifs is 1. The number of aromatic nitrogens is 1. The zero-order chi connectivity index (χ0) is 24.2. The van der Waals surface area contributed by atoms with Gasteiger partial charge in [-0.15, -0.1) is 0 Å². The second kappa shape index (κ2) is 10.2. The first-order valence-corrected chi connectivity index (χ1v) is 12.5. The topological polar surface area (TPSA) is 54.8 Å². The van der Waals surface area contributed by atoms with Gasteiger partial charge < -0.3 is 4.74 Å². The number of rotatable bonds is 6. The van der Waals surface area contributed by atoms with Gasteiger partial charge in [-0.05, 0) is 71.3 Å². The van der Waals surface area contributed by atoms with E-state index in [1.54, 1.807) is 13.3 Å². The molecule has 1 aromatic heterocycles. The molecule has 0 N–H and O–H groups in total. The summed E-state index contributed by atoms with van der Waals surface area (Å²) in [6.45, 7) is 0. The Morgan fingerprint density at radius 2 is 1.66 bits per heavy atom. The fraction of sp³-hybridized carbons (Fsp3) is 0.0357. The second-order valence-electron chi connectivity index (χ2n) is 7.69. The van der Waals surface area contributed by atoms with E-state index in [-0.39, 0.29) is 5.91 Å². The predicted octanol–water partition coefficient (Wildman–Crippen LogP) is 7.42. The molecular weight excluding hydrogens is 522 g/mol. The molecule has 0 radical (unpaired) electrons. The van der Waals surface area contributed by atoms with E-state index in [9.17, 15) is 4.79 Å². The SMILES string of the molecule is COc1ccc(/C=N/N(C(=O)c2ccc(-c3ccccc3)cc2)c2nc3ccc(Br)cc3s2)cc1. The van der Waals surface area contributed by atoms with Crippen LogP contribution in [0.25, 0.3) is 21.3 Å². The molecule has 1 amide bonds. The number of hydrazone groups is 1. The first-order chi connectivity index (χ1) is 17.1. The summed E-state index contributed by atoms with van der Waals surface area (Å²) in [6.07, 6.45) is 1.65. The summed E-state index contributed by atoms with van der Waals surface area (Å²) in [7, 11) is 1.62. The summed E-state index contributed by atoms with van der Waals surface area (Å²) in [5.74, 6) is 0.498. The van der Waals surface area contributed by atoms with Gasteiger partial charge in [0.05, 0.1) is 23.5 Å². The summed E-state index contributed by atoms with van der Waals surface area (Å²) < 4.78 is 7.14. The maximum Gasteiger partial charge on any atom is 0.280 e. The number of carbonyl (C=O) groups is 1. The van der Waals surface area contributed by atoms with Gasteiger partial charge in [0.15, 0.2) is 0 Å². The lowest BCUT2D eigenvalue weighted by molar-refractivity contribution is 0.0988. The maximum absolute atomic E-state index is 13.6. The van der Waals surface area contributed by atoms with Crippen LogP contribution in [0.5, 0.6) is 5.75 Å². The lowest BCUT2D eigenvalue weighted by Gasteiger charge is -2.14. The number of ether oxygens (including phenoxy) is 1. The average Bonchev–Trinajstić information content (AvgIpc) is 3.32. The summed E-state index contributed by atoms with van der Waals surface area (Å²) in [4.78, 5) is 18.3. The lowest BCUT2D eigenvalue weighted by Crippen LogP contribution is -2.25. The second-order valence-corrected chi connectivity index (χ2v) is 9.61. The summed E-state index contributed by atoms with van der Waals surface area (Å²) >= 11 is 4.92. The van der Waals surface area contributed by atoms with Crippen molar-refractivity contribution in [2.75, 3.05) is 12.1 Å². The minimum absolute atomic E-state index is 0.257. The average molecular weight is 542 g/mol. The number of hydrogen-bond donors (Lipinski definition) is 0. The molecular formula is C28H20BrN3O2S. The molecule has 5 aromatic rings. The molecule has 172 valence electrons. The number of halogens is 1. The molecule has 0 aliphatic rings. The van der Waals surface area contributed by atoms with Gasteiger partial charge in [0, 0.05) is 10.0 Å². The first kappa shape index (κ1) is 23.0. The highest BCUT2D eigenvalue weighted by molar-refractivity contribution is 9.10. The number of hydrogen-bond acceptors (Lipinski definition) is 5. The van der Waals surface area contributed by atoms with Crippen molar-refractivity contribution < 1.29 is 9.53 Å². The lowest BCUT2D eigenvalue weighted by atomic mass is 10.0. The summed E-state index contributed by atoms with van der Waals surface area (Å²) in [5.41, 5.74) is 4.31. The highest BCUT2D eigenvalue weighted by Gasteiger charge is 2.21. The minimum atomic E-state index is -0.257. The smallest absolute Gasteiger partial charge is 0.280 e. The molecule has 0 saturated heterocycles. The molecule has 7 heteroatoms. The van der Waals surface area contributed by atoms with Crippen molar-refractivity contribution in [3.8, 4) is 16.9 Å². The number of methoxy groups -OCH3 is 1. The molecule has 0 spiro atoms. The number of nitrogens with zero attached hydrogens (tertiary/aromatic N) is 3. The van der Waals surface area contributed by atoms with Crippen LogP contribution in [-0.4, -0.2) is 24.2 Å². The Kier molecular flexibility index (Phi) is 6.70. The third kappa shape index (κ3) is 5.16. The van der Waals surface area contributed by atoms with Crippen LogP contribution in [0.3, 0.4) is 0 Å². The molecule has 0 atom stereocenters. The predicted molar refractivity (Wildman–Crippen MR) is 147 cm³/mol. The van der Waals surface area contributed by atoms with E-state index in [1.807, 2.05) is 97.1 Å². The van der Waals surface area contributed by atoms with Crippen molar-refractivity contribution in [1.82, 2.24) is 4.98 Å².